The summed E-state index contributed by atoms with van der Waals surface area (Å²) in [7, 11) is 0. The first-order valence-electron chi connectivity index (χ1n) is 9.22. The third kappa shape index (κ3) is 3.38. The van der Waals surface area contributed by atoms with Gasteiger partial charge in [-0.15, -0.1) is 0 Å². The fourth-order valence-electron chi connectivity index (χ4n) is 3.65. The fourth-order valence-corrected chi connectivity index (χ4v) is 4.54. The van der Waals surface area contributed by atoms with Gasteiger partial charge in [-0.2, -0.15) is 0 Å². The Labute approximate surface area is 166 Å². The van der Waals surface area contributed by atoms with Crippen LogP contribution in [-0.2, 0) is 16.0 Å². The van der Waals surface area contributed by atoms with E-state index in [-0.39, 0.29) is 24.1 Å². The first-order valence-corrected chi connectivity index (χ1v) is 10.0. The van der Waals surface area contributed by atoms with Crippen LogP contribution in [0.2, 0.25) is 0 Å². The van der Waals surface area contributed by atoms with Gasteiger partial charge in [0.2, 0.25) is 11.8 Å². The van der Waals surface area contributed by atoms with E-state index < -0.39 is 5.92 Å². The Morgan fingerprint density at radius 3 is 2.96 bits per heavy atom. The number of nitrogens with one attached hydrogen (secondary N) is 1. The predicted octanol–water partition coefficient (Wildman–Crippen LogP) is 4.30. The molecule has 0 aliphatic carbocycles. The van der Waals surface area contributed by atoms with Gasteiger partial charge in [-0.1, -0.05) is 36.5 Å². The molecule has 1 atom stereocenters. The first kappa shape index (κ1) is 18.6. The van der Waals surface area contributed by atoms with Crippen LogP contribution in [0.1, 0.15) is 24.5 Å². The largest absolute Gasteiger partial charge is 0.311 e. The molecule has 1 N–H and O–H groups in total. The molecule has 2 heterocycles. The first-order chi connectivity index (χ1) is 13.5. The van der Waals surface area contributed by atoms with Crippen molar-refractivity contribution in [1.82, 2.24) is 4.98 Å². The van der Waals surface area contributed by atoms with Crippen molar-refractivity contribution in [3.8, 4) is 0 Å². The maximum absolute atomic E-state index is 13.3. The summed E-state index contributed by atoms with van der Waals surface area (Å²) in [6.07, 6.45) is 0.989. The predicted molar refractivity (Wildman–Crippen MR) is 109 cm³/mol. The number of para-hydroxylation sites is 1. The number of carbonyl (C=O) groups excluding carboxylic acids is 2. The highest BCUT2D eigenvalue weighted by Gasteiger charge is 2.36. The lowest BCUT2D eigenvalue weighted by atomic mass is 10.0. The zero-order chi connectivity index (χ0) is 19.8. The van der Waals surface area contributed by atoms with Gasteiger partial charge in [-0.25, -0.2) is 9.37 Å². The van der Waals surface area contributed by atoms with Crippen molar-refractivity contribution in [1.29, 1.82) is 0 Å². The molecule has 1 aliphatic rings. The summed E-state index contributed by atoms with van der Waals surface area (Å²) in [5.74, 6) is -1.06. The molecule has 3 aromatic rings. The number of hydrogen-bond donors (Lipinski definition) is 1. The van der Waals surface area contributed by atoms with E-state index in [1.807, 2.05) is 25.1 Å². The number of aryl methyl sites for hydroxylation is 2. The van der Waals surface area contributed by atoms with Crippen molar-refractivity contribution in [3.05, 3.63) is 53.3 Å². The third-order valence-corrected chi connectivity index (χ3v) is 5.98. The van der Waals surface area contributed by atoms with E-state index in [2.05, 4.69) is 17.2 Å². The molecule has 0 bridgehead atoms. The van der Waals surface area contributed by atoms with Gasteiger partial charge in [-0.3, -0.25) is 9.59 Å². The van der Waals surface area contributed by atoms with Gasteiger partial charge in [-0.05, 0) is 42.7 Å². The summed E-state index contributed by atoms with van der Waals surface area (Å²) in [5.41, 5.74) is 3.68. The van der Waals surface area contributed by atoms with Gasteiger partial charge in [0, 0.05) is 18.7 Å². The van der Waals surface area contributed by atoms with Crippen LogP contribution in [-0.4, -0.2) is 23.3 Å². The molecule has 28 heavy (non-hydrogen) atoms. The Hall–Kier alpha value is -2.80. The zero-order valence-corrected chi connectivity index (χ0v) is 16.5. The van der Waals surface area contributed by atoms with E-state index in [9.17, 15) is 14.0 Å². The molecule has 1 saturated heterocycles. The maximum Gasteiger partial charge on any atom is 0.231 e. The topological polar surface area (TPSA) is 62.3 Å². The summed E-state index contributed by atoms with van der Waals surface area (Å²) in [4.78, 5) is 31.4. The van der Waals surface area contributed by atoms with E-state index in [0.717, 1.165) is 23.2 Å². The number of rotatable bonds is 4. The lowest BCUT2D eigenvalue weighted by molar-refractivity contribution is -0.122. The molecule has 0 radical (unpaired) electrons. The highest BCUT2D eigenvalue weighted by molar-refractivity contribution is 7.22. The smallest absolute Gasteiger partial charge is 0.231 e. The van der Waals surface area contributed by atoms with Gasteiger partial charge in [0.1, 0.15) is 5.82 Å². The Kier molecular flexibility index (Phi) is 4.85. The lowest BCUT2D eigenvalue weighted by Gasteiger charge is -2.22. The minimum absolute atomic E-state index is 0.0458. The minimum atomic E-state index is -0.444. The molecule has 1 unspecified atom stereocenters. The van der Waals surface area contributed by atoms with E-state index >= 15 is 0 Å². The van der Waals surface area contributed by atoms with Crippen molar-refractivity contribution in [2.45, 2.75) is 26.7 Å². The molecule has 4 rings (SSSR count). The molecule has 1 aromatic heterocycles. The van der Waals surface area contributed by atoms with Crippen molar-refractivity contribution < 1.29 is 14.0 Å². The van der Waals surface area contributed by atoms with Crippen molar-refractivity contribution >= 4 is 44.2 Å². The molecule has 1 fully saturated rings. The number of amides is 2. The molecule has 5 nitrogen and oxygen atoms in total. The molecule has 0 saturated carbocycles. The van der Waals surface area contributed by atoms with Crippen molar-refractivity contribution in [3.63, 3.8) is 0 Å². The van der Waals surface area contributed by atoms with Crippen LogP contribution in [0.5, 0.6) is 0 Å². The van der Waals surface area contributed by atoms with Gasteiger partial charge in [0.15, 0.2) is 5.13 Å². The third-order valence-electron chi connectivity index (χ3n) is 5.05. The number of thiazole rings is 1. The van der Waals surface area contributed by atoms with Gasteiger partial charge in [0.25, 0.3) is 0 Å². The molecule has 0 spiro atoms. The monoisotopic (exact) mass is 397 g/mol. The second-order valence-electron chi connectivity index (χ2n) is 6.96. The van der Waals surface area contributed by atoms with Crippen LogP contribution in [0.25, 0.3) is 10.2 Å². The number of hydrogen-bond acceptors (Lipinski definition) is 4. The highest BCUT2D eigenvalue weighted by Crippen LogP contribution is 2.33. The van der Waals surface area contributed by atoms with Crippen molar-refractivity contribution in [2.75, 3.05) is 16.8 Å². The Morgan fingerprint density at radius 1 is 1.36 bits per heavy atom. The number of benzene rings is 2. The number of carbonyl (C=O) groups is 2. The number of fused-ring (bicyclic) bond motifs is 1. The normalized spacial score (nSPS) is 16.8. The summed E-state index contributed by atoms with van der Waals surface area (Å²) in [6.45, 7) is 4.39. The van der Waals surface area contributed by atoms with Gasteiger partial charge >= 0.3 is 0 Å². The van der Waals surface area contributed by atoms with Crippen LogP contribution in [0.15, 0.2) is 36.4 Å². The number of halogens is 1. The molecule has 1 aliphatic heterocycles. The number of anilines is 2. The summed E-state index contributed by atoms with van der Waals surface area (Å²) in [5, 5.41) is 3.21. The second kappa shape index (κ2) is 7.31. The lowest BCUT2D eigenvalue weighted by Crippen LogP contribution is -2.29. The Balaban J connectivity index is 1.52. The second-order valence-corrected chi connectivity index (χ2v) is 7.99. The molecule has 144 valence electrons. The van der Waals surface area contributed by atoms with E-state index in [1.54, 1.807) is 11.0 Å². The van der Waals surface area contributed by atoms with Crippen LogP contribution >= 0.6 is 11.3 Å². The Bertz CT molecular complexity index is 1080. The quantitative estimate of drug-likeness (QED) is 0.714. The highest BCUT2D eigenvalue weighted by atomic mass is 32.1. The molecule has 7 heteroatoms. The standard InChI is InChI=1S/C21H20FN3O2S/c1-3-13-6-4-5-12(2)19(13)25-11-14(9-18(25)26)20(27)24-21-23-16-8-7-15(22)10-17(16)28-21/h4-8,10,14H,3,9,11H2,1-2H3,(H,23,24,27). The van der Waals surface area contributed by atoms with E-state index in [0.29, 0.717) is 21.9 Å². The SMILES string of the molecule is CCc1cccc(C)c1N1CC(C(=O)Nc2nc3ccc(F)cc3s2)CC1=O. The van der Waals surface area contributed by atoms with Crippen LogP contribution < -0.4 is 10.2 Å². The Morgan fingerprint density at radius 2 is 2.18 bits per heavy atom. The summed E-state index contributed by atoms with van der Waals surface area (Å²) >= 11 is 1.22. The van der Waals surface area contributed by atoms with Crippen LogP contribution in [0, 0.1) is 18.7 Å². The minimum Gasteiger partial charge on any atom is -0.311 e. The molecular weight excluding hydrogens is 377 g/mol. The number of nitrogens with zero attached hydrogens (tertiary/aromatic N) is 2. The molecular formula is C21H20FN3O2S. The van der Waals surface area contributed by atoms with Crippen LogP contribution in [0.4, 0.5) is 15.2 Å². The van der Waals surface area contributed by atoms with Gasteiger partial charge < -0.3 is 10.2 Å². The van der Waals surface area contributed by atoms with E-state index in [4.69, 9.17) is 0 Å². The fraction of sp³-hybridized carbons (Fsp3) is 0.286. The maximum atomic E-state index is 13.3. The van der Waals surface area contributed by atoms with Crippen molar-refractivity contribution in [2.24, 2.45) is 5.92 Å². The van der Waals surface area contributed by atoms with E-state index in [1.165, 1.54) is 23.5 Å². The zero-order valence-electron chi connectivity index (χ0n) is 15.7. The summed E-state index contributed by atoms with van der Waals surface area (Å²) < 4.78 is 14.0. The van der Waals surface area contributed by atoms with Crippen LogP contribution in [0.3, 0.4) is 0 Å². The van der Waals surface area contributed by atoms with Gasteiger partial charge in [0.05, 0.1) is 16.1 Å². The summed E-state index contributed by atoms with van der Waals surface area (Å²) in [6, 6.07) is 10.3. The average Bonchev–Trinajstić information content (AvgIpc) is 3.23. The molecule has 2 amide bonds. The molecule has 2 aromatic carbocycles. The average molecular weight is 397 g/mol. The number of aromatic nitrogens is 1.